The maximum absolute atomic E-state index is 14.8. The number of hydrogen-bond acceptors (Lipinski definition) is 5. The van der Waals surface area contributed by atoms with Gasteiger partial charge in [-0.25, -0.2) is 14.1 Å². The van der Waals surface area contributed by atoms with Gasteiger partial charge in [-0.15, -0.1) is 5.10 Å². The van der Waals surface area contributed by atoms with Crippen LogP contribution in [0.15, 0.2) is 54.6 Å². The third-order valence-corrected chi connectivity index (χ3v) is 6.00. The van der Waals surface area contributed by atoms with Crippen molar-refractivity contribution in [3.05, 3.63) is 66.0 Å². The van der Waals surface area contributed by atoms with E-state index >= 15 is 0 Å². The van der Waals surface area contributed by atoms with E-state index in [2.05, 4.69) is 16.9 Å². The third kappa shape index (κ3) is 3.71. The van der Waals surface area contributed by atoms with Gasteiger partial charge in [0.2, 0.25) is 5.95 Å². The first-order valence-electron chi connectivity index (χ1n) is 10.7. The topological polar surface area (TPSA) is 72.9 Å². The number of aromatic nitrogens is 4. The first-order chi connectivity index (χ1) is 15.1. The molecule has 0 amide bonds. The van der Waals surface area contributed by atoms with Crippen molar-refractivity contribution in [1.29, 1.82) is 0 Å². The molecule has 0 spiro atoms. The van der Waals surface area contributed by atoms with Gasteiger partial charge in [-0.3, -0.25) is 0 Å². The van der Waals surface area contributed by atoms with Gasteiger partial charge < -0.3 is 10.6 Å². The number of hydrogen-bond donors (Lipinski definition) is 1. The van der Waals surface area contributed by atoms with E-state index in [0.717, 1.165) is 31.5 Å². The summed E-state index contributed by atoms with van der Waals surface area (Å²) in [5, 5.41) is 5.28. The number of nitrogen functional groups attached to an aromatic ring is 1. The summed E-state index contributed by atoms with van der Waals surface area (Å²) in [6.07, 6.45) is 2.17. The van der Waals surface area contributed by atoms with Crippen molar-refractivity contribution < 1.29 is 4.39 Å². The molecule has 2 aromatic heterocycles. The monoisotopic (exact) mass is 416 g/mol. The fraction of sp³-hybridized carbons (Fsp3) is 0.292. The molecule has 31 heavy (non-hydrogen) atoms. The summed E-state index contributed by atoms with van der Waals surface area (Å²) in [6.45, 7) is 4.53. The van der Waals surface area contributed by atoms with Crippen molar-refractivity contribution in [1.82, 2.24) is 19.7 Å². The van der Waals surface area contributed by atoms with Gasteiger partial charge in [-0.2, -0.15) is 4.98 Å². The van der Waals surface area contributed by atoms with Crippen LogP contribution in [0.2, 0.25) is 0 Å². The highest BCUT2D eigenvalue weighted by molar-refractivity contribution is 5.99. The number of nitrogens with two attached hydrogens (primary N) is 1. The van der Waals surface area contributed by atoms with E-state index in [0.29, 0.717) is 46.5 Å². The van der Waals surface area contributed by atoms with Crippen molar-refractivity contribution in [3.8, 4) is 11.3 Å². The molecule has 6 nitrogen and oxygen atoms in total. The molecule has 1 aliphatic rings. The van der Waals surface area contributed by atoms with Crippen LogP contribution in [0.5, 0.6) is 0 Å². The summed E-state index contributed by atoms with van der Waals surface area (Å²) in [5.74, 6) is 1.38. The lowest BCUT2D eigenvalue weighted by Crippen LogP contribution is -2.34. The van der Waals surface area contributed by atoms with E-state index in [1.165, 1.54) is 6.07 Å². The van der Waals surface area contributed by atoms with Gasteiger partial charge >= 0.3 is 0 Å². The van der Waals surface area contributed by atoms with Crippen LogP contribution in [0, 0.1) is 11.7 Å². The van der Waals surface area contributed by atoms with Gasteiger partial charge in [-0.05, 0) is 36.5 Å². The zero-order valence-electron chi connectivity index (χ0n) is 17.5. The smallest absolute Gasteiger partial charge is 0.228 e. The van der Waals surface area contributed by atoms with Crippen molar-refractivity contribution in [2.45, 2.75) is 26.3 Å². The predicted molar refractivity (Wildman–Crippen MR) is 121 cm³/mol. The lowest BCUT2D eigenvalue weighted by atomic mass is 9.99. The maximum Gasteiger partial charge on any atom is 0.228 e. The summed E-state index contributed by atoms with van der Waals surface area (Å²) in [7, 11) is 0. The average Bonchev–Trinajstić information content (AvgIpc) is 3.10. The van der Waals surface area contributed by atoms with Crippen LogP contribution in [0.1, 0.15) is 25.3 Å². The van der Waals surface area contributed by atoms with Crippen LogP contribution in [0.3, 0.4) is 0 Å². The van der Waals surface area contributed by atoms with E-state index < -0.39 is 0 Å². The number of fused-ring (bicyclic) bond motifs is 1. The molecule has 1 saturated heterocycles. The van der Waals surface area contributed by atoms with Crippen molar-refractivity contribution in [2.75, 3.05) is 23.7 Å². The minimum absolute atomic E-state index is 0.337. The number of halogens is 1. The fourth-order valence-corrected chi connectivity index (χ4v) is 4.12. The molecule has 3 heterocycles. The first kappa shape index (κ1) is 19.5. The summed E-state index contributed by atoms with van der Waals surface area (Å²) in [5.41, 5.74) is 8.98. The molecular weight excluding hydrogens is 391 g/mol. The molecule has 0 bridgehead atoms. The Kier molecular flexibility index (Phi) is 5.02. The summed E-state index contributed by atoms with van der Waals surface area (Å²) < 4.78 is 16.5. The van der Waals surface area contributed by atoms with Crippen LogP contribution in [0.25, 0.3) is 22.3 Å². The third-order valence-electron chi connectivity index (χ3n) is 6.00. The highest BCUT2D eigenvalue weighted by Gasteiger charge is 2.24. The molecular formula is C24H25FN6. The SMILES string of the molecule is CC1CCN(c2nc(-c3ccccc3F)c3c(N)n(Cc4ccccc4)nc3n2)CC1. The minimum Gasteiger partial charge on any atom is -0.383 e. The number of piperidine rings is 1. The number of nitrogens with zero attached hydrogens (tertiary/aromatic N) is 5. The highest BCUT2D eigenvalue weighted by Crippen LogP contribution is 2.34. The second kappa shape index (κ2) is 7.98. The Morgan fingerprint density at radius 2 is 1.71 bits per heavy atom. The second-order valence-corrected chi connectivity index (χ2v) is 8.25. The van der Waals surface area contributed by atoms with Crippen LogP contribution in [0.4, 0.5) is 16.2 Å². The van der Waals surface area contributed by atoms with Gasteiger partial charge in [0, 0.05) is 18.7 Å². The lowest BCUT2D eigenvalue weighted by Gasteiger charge is -2.30. The Hall–Kier alpha value is -3.48. The van der Waals surface area contributed by atoms with Crippen molar-refractivity contribution >= 4 is 22.8 Å². The first-order valence-corrected chi connectivity index (χ1v) is 10.7. The standard InChI is InChI=1S/C24H25FN6/c1-16-11-13-30(14-12-16)24-27-21(18-9-5-6-10-19(18)25)20-22(26)31(29-23(20)28-24)15-17-7-3-2-4-8-17/h2-10,16H,11-15,26H2,1H3. The Bertz CT molecular complexity index is 1210. The summed E-state index contributed by atoms with van der Waals surface area (Å²) in [4.78, 5) is 11.7. The van der Waals surface area contributed by atoms with E-state index in [4.69, 9.17) is 15.7 Å². The molecule has 1 fully saturated rings. The number of benzene rings is 2. The van der Waals surface area contributed by atoms with Gasteiger partial charge in [-0.1, -0.05) is 49.4 Å². The largest absolute Gasteiger partial charge is 0.383 e. The van der Waals surface area contributed by atoms with Crippen LogP contribution >= 0.6 is 0 Å². The number of anilines is 2. The van der Waals surface area contributed by atoms with Gasteiger partial charge in [0.25, 0.3) is 0 Å². The molecule has 0 saturated carbocycles. The predicted octanol–water partition coefficient (Wildman–Crippen LogP) is 4.50. The molecule has 0 unspecified atom stereocenters. The minimum atomic E-state index is -0.337. The van der Waals surface area contributed by atoms with Crippen LogP contribution < -0.4 is 10.6 Å². The fourth-order valence-electron chi connectivity index (χ4n) is 4.12. The Balaban J connectivity index is 1.66. The van der Waals surface area contributed by atoms with Crippen molar-refractivity contribution in [3.63, 3.8) is 0 Å². The van der Waals surface area contributed by atoms with Crippen LogP contribution in [-0.4, -0.2) is 32.8 Å². The molecule has 0 aliphatic carbocycles. The molecule has 4 aromatic rings. The quantitative estimate of drug-likeness (QED) is 0.530. The zero-order valence-corrected chi connectivity index (χ0v) is 17.5. The Morgan fingerprint density at radius 3 is 2.45 bits per heavy atom. The van der Waals surface area contributed by atoms with E-state index in [1.807, 2.05) is 30.3 Å². The molecule has 2 aromatic carbocycles. The van der Waals surface area contributed by atoms with Gasteiger partial charge in [0.1, 0.15) is 11.6 Å². The lowest BCUT2D eigenvalue weighted by molar-refractivity contribution is 0.434. The zero-order chi connectivity index (χ0) is 21.4. The average molecular weight is 417 g/mol. The molecule has 7 heteroatoms. The molecule has 0 atom stereocenters. The van der Waals surface area contributed by atoms with E-state index in [-0.39, 0.29) is 5.82 Å². The summed E-state index contributed by atoms with van der Waals surface area (Å²) in [6, 6.07) is 16.6. The Morgan fingerprint density at radius 1 is 1.00 bits per heavy atom. The molecule has 0 radical (unpaired) electrons. The number of rotatable bonds is 4. The van der Waals surface area contributed by atoms with Gasteiger partial charge in [0.05, 0.1) is 17.6 Å². The van der Waals surface area contributed by atoms with Crippen LogP contribution in [-0.2, 0) is 6.54 Å². The molecule has 1 aliphatic heterocycles. The molecule has 5 rings (SSSR count). The molecule has 2 N–H and O–H groups in total. The second-order valence-electron chi connectivity index (χ2n) is 8.25. The molecule has 158 valence electrons. The Labute approximate surface area is 180 Å². The maximum atomic E-state index is 14.8. The van der Waals surface area contributed by atoms with E-state index in [1.54, 1.807) is 22.9 Å². The van der Waals surface area contributed by atoms with E-state index in [9.17, 15) is 4.39 Å². The normalized spacial score (nSPS) is 15.0. The van der Waals surface area contributed by atoms with Crippen molar-refractivity contribution in [2.24, 2.45) is 5.92 Å². The van der Waals surface area contributed by atoms with Gasteiger partial charge in [0.15, 0.2) is 5.65 Å². The highest BCUT2D eigenvalue weighted by atomic mass is 19.1. The summed E-state index contributed by atoms with van der Waals surface area (Å²) >= 11 is 0.